The van der Waals surface area contributed by atoms with Crippen molar-refractivity contribution in [3.05, 3.63) is 168 Å². The molecule has 352 valence electrons. The Morgan fingerprint density at radius 2 is 1.01 bits per heavy atom. The van der Waals surface area contributed by atoms with E-state index in [0.717, 1.165) is 6.42 Å². The van der Waals surface area contributed by atoms with Crippen molar-refractivity contribution in [2.75, 3.05) is 14.7 Å². The maximum Gasteiger partial charge on any atom is 0.252 e. The van der Waals surface area contributed by atoms with Gasteiger partial charge in [0.15, 0.2) is 0 Å². The standard InChI is InChI=1S/C66H70BN3/c1-61(2,3)46-30-33-54(49(39-46)44-24-15-12-16-25-44)68-56-40-47(62(4,5)6)29-31-52(56)67-53-27-21-26-50-60(53)70(66(10)37-20-17-34-63(50,66)7)58-42-48(41-57(68)59(58)67)69-55-32-28-45(43-22-13-11-14-23-43)38-51(55)64(8)35-18-19-36-65(64,69)9/h11-16,21-33,38-42H,17-20,34-37H2,1-10H3. The van der Waals surface area contributed by atoms with Crippen LogP contribution in [0.3, 0.4) is 0 Å². The number of benzene rings is 7. The lowest BCUT2D eigenvalue weighted by Gasteiger charge is -2.54. The van der Waals surface area contributed by atoms with Gasteiger partial charge in [0.05, 0.1) is 16.8 Å². The third-order valence-electron chi connectivity index (χ3n) is 19.5. The highest BCUT2D eigenvalue weighted by molar-refractivity contribution is 7.00. The van der Waals surface area contributed by atoms with Gasteiger partial charge in [-0.1, -0.05) is 184 Å². The second-order valence-corrected chi connectivity index (χ2v) is 25.2. The summed E-state index contributed by atoms with van der Waals surface area (Å²) in [5, 5.41) is 0. The molecule has 7 aromatic rings. The van der Waals surface area contributed by atoms with Gasteiger partial charge < -0.3 is 14.7 Å². The topological polar surface area (TPSA) is 9.72 Å². The smallest absolute Gasteiger partial charge is 0.252 e. The molecule has 0 spiro atoms. The fourth-order valence-corrected chi connectivity index (χ4v) is 15.1. The molecule has 4 aliphatic heterocycles. The molecule has 0 radical (unpaired) electrons. The third-order valence-corrected chi connectivity index (χ3v) is 19.5. The van der Waals surface area contributed by atoms with Crippen molar-refractivity contribution < 1.29 is 0 Å². The molecular formula is C66H70BN3. The maximum atomic E-state index is 2.93. The van der Waals surface area contributed by atoms with Gasteiger partial charge in [-0.3, -0.25) is 0 Å². The van der Waals surface area contributed by atoms with Crippen LogP contribution in [0, 0.1) is 0 Å². The predicted molar refractivity (Wildman–Crippen MR) is 300 cm³/mol. The van der Waals surface area contributed by atoms with Crippen molar-refractivity contribution >= 4 is 62.9 Å². The lowest BCUT2D eigenvalue weighted by Crippen LogP contribution is -2.64. The van der Waals surface area contributed by atoms with Gasteiger partial charge in [-0.05, 0) is 148 Å². The van der Waals surface area contributed by atoms with Gasteiger partial charge >= 0.3 is 0 Å². The van der Waals surface area contributed by atoms with Crippen molar-refractivity contribution in [3.8, 4) is 22.3 Å². The number of fused-ring (bicyclic) bond motifs is 10. The molecule has 70 heavy (non-hydrogen) atoms. The number of nitrogens with zero attached hydrogens (tertiary/aromatic N) is 3. The minimum atomic E-state index is -0.129. The van der Waals surface area contributed by atoms with E-state index in [-0.39, 0.29) is 39.5 Å². The van der Waals surface area contributed by atoms with Gasteiger partial charge in [0.1, 0.15) is 0 Å². The van der Waals surface area contributed by atoms with Crippen LogP contribution in [0.25, 0.3) is 22.3 Å². The molecule has 4 heteroatoms. The predicted octanol–water partition coefficient (Wildman–Crippen LogP) is 15.7. The molecule has 0 amide bonds. The van der Waals surface area contributed by atoms with Crippen LogP contribution in [0.1, 0.15) is 143 Å². The van der Waals surface area contributed by atoms with E-state index in [1.165, 1.54) is 140 Å². The van der Waals surface area contributed by atoms with Gasteiger partial charge in [-0.15, -0.1) is 0 Å². The van der Waals surface area contributed by atoms with Crippen LogP contribution in [0.15, 0.2) is 146 Å². The Morgan fingerprint density at radius 1 is 0.429 bits per heavy atom. The summed E-state index contributed by atoms with van der Waals surface area (Å²) < 4.78 is 0. The first kappa shape index (κ1) is 44.0. The molecule has 6 aliphatic rings. The van der Waals surface area contributed by atoms with Crippen LogP contribution in [0.5, 0.6) is 0 Å². The highest BCUT2D eigenvalue weighted by Gasteiger charge is 2.62. The Labute approximate surface area is 419 Å². The monoisotopic (exact) mass is 916 g/mol. The molecular weight excluding hydrogens is 846 g/mol. The largest absolute Gasteiger partial charge is 0.335 e. The fourth-order valence-electron chi connectivity index (χ4n) is 15.1. The molecule has 4 heterocycles. The molecule has 0 aromatic heterocycles. The molecule has 2 aliphatic carbocycles. The molecule has 4 unspecified atom stereocenters. The second kappa shape index (κ2) is 14.8. The van der Waals surface area contributed by atoms with Gasteiger partial charge in [-0.25, -0.2) is 0 Å². The van der Waals surface area contributed by atoms with Crippen molar-refractivity contribution in [1.29, 1.82) is 0 Å². The quantitative estimate of drug-likeness (QED) is 0.163. The van der Waals surface area contributed by atoms with Crippen LogP contribution < -0.4 is 31.1 Å². The molecule has 0 N–H and O–H groups in total. The van der Waals surface area contributed by atoms with Crippen LogP contribution in [-0.4, -0.2) is 17.8 Å². The molecule has 2 saturated carbocycles. The Bertz CT molecular complexity index is 3290. The third kappa shape index (κ3) is 5.83. The Morgan fingerprint density at radius 3 is 1.70 bits per heavy atom. The Kier molecular flexibility index (Phi) is 9.29. The molecule has 7 aromatic carbocycles. The Balaban J connectivity index is 1.16. The molecule has 3 nitrogen and oxygen atoms in total. The van der Waals surface area contributed by atoms with E-state index in [0.29, 0.717) is 0 Å². The highest BCUT2D eigenvalue weighted by Crippen LogP contribution is 2.65. The number of rotatable bonds is 4. The van der Waals surface area contributed by atoms with Crippen molar-refractivity contribution in [2.45, 2.75) is 153 Å². The van der Waals surface area contributed by atoms with Crippen molar-refractivity contribution in [1.82, 2.24) is 0 Å². The van der Waals surface area contributed by atoms with E-state index < -0.39 is 0 Å². The molecule has 2 fully saturated rings. The summed E-state index contributed by atoms with van der Waals surface area (Å²) in [7, 11) is 0. The SMILES string of the molecule is CC(C)(C)c1ccc(N2c3cc(C(C)(C)C)ccc3B3c4cccc5c4N(c4cc(N6c7ccc(-c8ccccc8)cc7C7(C)CCCCC67C)cc2c43)C2(C)CCCCC52C)c(-c2ccccc2)c1. The van der Waals surface area contributed by atoms with Crippen molar-refractivity contribution in [3.63, 3.8) is 0 Å². The van der Waals surface area contributed by atoms with E-state index in [1.807, 2.05) is 0 Å². The Hall–Kier alpha value is -6.00. The van der Waals surface area contributed by atoms with E-state index in [2.05, 4.69) is 230 Å². The van der Waals surface area contributed by atoms with Crippen molar-refractivity contribution in [2.24, 2.45) is 0 Å². The minimum Gasteiger partial charge on any atom is -0.335 e. The van der Waals surface area contributed by atoms with Crippen LogP contribution in [0.4, 0.5) is 39.8 Å². The molecule has 4 atom stereocenters. The average Bonchev–Trinajstić information content (AvgIpc) is 3.70. The lowest BCUT2D eigenvalue weighted by molar-refractivity contribution is 0.194. The summed E-state index contributed by atoms with van der Waals surface area (Å²) in [6.07, 6.45) is 9.72. The lowest BCUT2D eigenvalue weighted by atomic mass is 9.33. The van der Waals surface area contributed by atoms with E-state index in [1.54, 1.807) is 5.56 Å². The first-order valence-electron chi connectivity index (χ1n) is 26.7. The van der Waals surface area contributed by atoms with Crippen LogP contribution in [-0.2, 0) is 21.7 Å². The number of hydrogen-bond donors (Lipinski definition) is 0. The minimum absolute atomic E-state index is 0.0175. The summed E-state index contributed by atoms with van der Waals surface area (Å²) in [5.74, 6) is 0. The molecule has 0 saturated heterocycles. The van der Waals surface area contributed by atoms with Gasteiger partial charge in [-0.2, -0.15) is 0 Å². The number of anilines is 7. The van der Waals surface area contributed by atoms with E-state index in [4.69, 9.17) is 0 Å². The average molecular weight is 916 g/mol. The summed E-state index contributed by atoms with van der Waals surface area (Å²) in [4.78, 5) is 8.53. The van der Waals surface area contributed by atoms with Crippen LogP contribution >= 0.6 is 0 Å². The van der Waals surface area contributed by atoms with Gasteiger partial charge in [0.25, 0.3) is 6.71 Å². The summed E-state index contributed by atoms with van der Waals surface area (Å²) in [5.41, 5.74) is 24.4. The van der Waals surface area contributed by atoms with Gasteiger partial charge in [0.2, 0.25) is 0 Å². The molecule has 13 rings (SSSR count). The number of para-hydroxylation sites is 1. The number of hydrogen-bond acceptors (Lipinski definition) is 3. The van der Waals surface area contributed by atoms with Gasteiger partial charge in [0, 0.05) is 50.5 Å². The van der Waals surface area contributed by atoms with Crippen LogP contribution in [0.2, 0.25) is 0 Å². The summed E-state index contributed by atoms with van der Waals surface area (Å²) in [6, 6.07) is 57.5. The maximum absolute atomic E-state index is 2.93. The summed E-state index contributed by atoms with van der Waals surface area (Å²) in [6.45, 7) is 24.7. The first-order valence-corrected chi connectivity index (χ1v) is 26.7. The zero-order valence-electron chi connectivity index (χ0n) is 43.4. The first-order chi connectivity index (χ1) is 33.5. The zero-order chi connectivity index (χ0) is 48.3. The second-order valence-electron chi connectivity index (χ2n) is 25.2. The fraction of sp³-hybridized carbons (Fsp3) is 0.364. The highest BCUT2D eigenvalue weighted by atomic mass is 15.3. The zero-order valence-corrected chi connectivity index (χ0v) is 43.4. The molecule has 0 bridgehead atoms. The summed E-state index contributed by atoms with van der Waals surface area (Å²) >= 11 is 0. The van der Waals surface area contributed by atoms with E-state index in [9.17, 15) is 0 Å². The normalized spacial score (nSPS) is 24.9. The van der Waals surface area contributed by atoms with E-state index >= 15 is 0 Å².